The number of halogens is 1. The molecular weight excluding hydrogens is 316 g/mol. The Balaban J connectivity index is 1.94. The fourth-order valence-corrected chi connectivity index (χ4v) is 2.58. The average molecular weight is 329 g/mol. The quantitative estimate of drug-likeness (QED) is 0.787. The highest BCUT2D eigenvalue weighted by Gasteiger charge is 2.07. The van der Waals surface area contributed by atoms with Gasteiger partial charge in [-0.1, -0.05) is 40.2 Å². The van der Waals surface area contributed by atoms with Crippen LogP contribution < -0.4 is 0 Å². The maximum Gasteiger partial charge on any atom is 0.140 e. The van der Waals surface area contributed by atoms with Crippen LogP contribution in [0.25, 0.3) is 11.4 Å². The molecule has 0 spiro atoms. The van der Waals surface area contributed by atoms with E-state index in [4.69, 9.17) is 0 Å². The van der Waals surface area contributed by atoms with Crippen molar-refractivity contribution in [3.63, 3.8) is 0 Å². The summed E-state index contributed by atoms with van der Waals surface area (Å²) in [5, 5.41) is 9.53. The van der Waals surface area contributed by atoms with Gasteiger partial charge in [-0.25, -0.2) is 4.98 Å². The lowest BCUT2D eigenvalue weighted by molar-refractivity contribution is 0.474. The van der Waals surface area contributed by atoms with Crippen LogP contribution in [-0.4, -0.2) is 14.7 Å². The summed E-state index contributed by atoms with van der Waals surface area (Å²) in [4.78, 5) is 4.43. The third-order valence-electron chi connectivity index (χ3n) is 3.06. The number of aromatic nitrogens is 2. The van der Waals surface area contributed by atoms with E-state index in [0.717, 1.165) is 21.4 Å². The minimum absolute atomic E-state index is 0.284. The van der Waals surface area contributed by atoms with E-state index in [1.807, 2.05) is 42.6 Å². The zero-order valence-corrected chi connectivity index (χ0v) is 12.3. The molecule has 2 aromatic carbocycles. The number of aromatic hydroxyl groups is 1. The summed E-state index contributed by atoms with van der Waals surface area (Å²) in [6.07, 6.45) is 3.74. The molecule has 0 aliphatic carbocycles. The predicted octanol–water partition coefficient (Wildman–Crippen LogP) is 4.07. The largest absolute Gasteiger partial charge is 0.508 e. The van der Waals surface area contributed by atoms with E-state index in [9.17, 15) is 5.11 Å². The monoisotopic (exact) mass is 328 g/mol. The Morgan fingerprint density at radius 3 is 2.75 bits per heavy atom. The normalized spacial score (nSPS) is 10.7. The van der Waals surface area contributed by atoms with Crippen LogP contribution >= 0.6 is 15.9 Å². The van der Waals surface area contributed by atoms with E-state index in [0.29, 0.717) is 6.54 Å². The lowest BCUT2D eigenvalue weighted by Crippen LogP contribution is -2.00. The fourth-order valence-electron chi connectivity index (χ4n) is 2.18. The van der Waals surface area contributed by atoms with E-state index < -0.39 is 0 Å². The number of phenolic OH excluding ortho intramolecular Hbond substituents is 1. The lowest BCUT2D eigenvalue weighted by Gasteiger charge is -2.08. The van der Waals surface area contributed by atoms with E-state index in [1.54, 1.807) is 18.3 Å². The van der Waals surface area contributed by atoms with Crippen LogP contribution in [-0.2, 0) is 6.54 Å². The van der Waals surface area contributed by atoms with Gasteiger partial charge in [-0.15, -0.1) is 0 Å². The summed E-state index contributed by atoms with van der Waals surface area (Å²) in [5.74, 6) is 1.20. The van der Waals surface area contributed by atoms with Gasteiger partial charge in [0.1, 0.15) is 11.6 Å². The van der Waals surface area contributed by atoms with Crippen LogP contribution in [0.1, 0.15) is 5.56 Å². The number of imidazole rings is 1. The van der Waals surface area contributed by atoms with Gasteiger partial charge in [0.15, 0.2) is 0 Å². The van der Waals surface area contributed by atoms with Gasteiger partial charge in [0.25, 0.3) is 0 Å². The number of phenols is 1. The maximum atomic E-state index is 9.53. The summed E-state index contributed by atoms with van der Waals surface area (Å²) >= 11 is 3.48. The molecule has 0 aliphatic heterocycles. The van der Waals surface area contributed by atoms with Crippen LogP contribution in [0.5, 0.6) is 5.75 Å². The first-order valence-corrected chi connectivity index (χ1v) is 7.07. The van der Waals surface area contributed by atoms with Crippen molar-refractivity contribution in [2.24, 2.45) is 0 Å². The molecule has 0 radical (unpaired) electrons. The Labute approximate surface area is 125 Å². The molecule has 0 bridgehead atoms. The topological polar surface area (TPSA) is 38.0 Å². The fraction of sp³-hybridized carbons (Fsp3) is 0.0625. The van der Waals surface area contributed by atoms with Gasteiger partial charge >= 0.3 is 0 Å². The molecule has 0 amide bonds. The maximum absolute atomic E-state index is 9.53. The zero-order valence-electron chi connectivity index (χ0n) is 10.7. The second-order valence-corrected chi connectivity index (χ2v) is 5.47. The Kier molecular flexibility index (Phi) is 3.56. The van der Waals surface area contributed by atoms with Crippen molar-refractivity contribution in [1.29, 1.82) is 0 Å². The predicted molar refractivity (Wildman–Crippen MR) is 82.6 cm³/mol. The second-order valence-electron chi connectivity index (χ2n) is 4.56. The molecule has 0 atom stereocenters. The van der Waals surface area contributed by atoms with Gasteiger partial charge in [0.05, 0.1) is 0 Å². The third-order valence-corrected chi connectivity index (χ3v) is 3.56. The molecule has 3 rings (SSSR count). The Hall–Kier alpha value is -2.07. The molecule has 3 nitrogen and oxygen atoms in total. The molecule has 0 fully saturated rings. The Morgan fingerprint density at radius 1 is 1.10 bits per heavy atom. The third kappa shape index (κ3) is 2.75. The van der Waals surface area contributed by atoms with Crippen LogP contribution in [0, 0.1) is 0 Å². The van der Waals surface area contributed by atoms with Crippen molar-refractivity contribution in [3.8, 4) is 17.1 Å². The smallest absolute Gasteiger partial charge is 0.140 e. The van der Waals surface area contributed by atoms with E-state index >= 15 is 0 Å². The molecule has 0 saturated heterocycles. The summed E-state index contributed by atoms with van der Waals surface area (Å²) in [6, 6.07) is 15.3. The van der Waals surface area contributed by atoms with Crippen LogP contribution in [0.2, 0.25) is 0 Å². The molecule has 4 heteroatoms. The first-order chi connectivity index (χ1) is 9.72. The highest BCUT2D eigenvalue weighted by molar-refractivity contribution is 9.10. The number of benzene rings is 2. The first-order valence-electron chi connectivity index (χ1n) is 6.27. The molecule has 0 saturated carbocycles. The molecule has 0 aliphatic rings. The van der Waals surface area contributed by atoms with Gasteiger partial charge in [0, 0.05) is 29.0 Å². The molecule has 1 heterocycles. The minimum atomic E-state index is 0.284. The molecule has 0 unspecified atom stereocenters. The highest BCUT2D eigenvalue weighted by Crippen LogP contribution is 2.22. The summed E-state index contributed by atoms with van der Waals surface area (Å²) in [5.41, 5.74) is 2.10. The van der Waals surface area contributed by atoms with Crippen LogP contribution in [0.4, 0.5) is 0 Å². The number of rotatable bonds is 3. The van der Waals surface area contributed by atoms with Gasteiger partial charge in [-0.2, -0.15) is 0 Å². The van der Waals surface area contributed by atoms with Gasteiger partial charge in [-0.05, 0) is 29.8 Å². The molecule has 1 N–H and O–H groups in total. The number of hydrogen-bond donors (Lipinski definition) is 1. The van der Waals surface area contributed by atoms with Crippen molar-refractivity contribution in [1.82, 2.24) is 9.55 Å². The van der Waals surface area contributed by atoms with Crippen molar-refractivity contribution in [3.05, 3.63) is 71.0 Å². The zero-order chi connectivity index (χ0) is 13.9. The molecule has 3 aromatic rings. The van der Waals surface area contributed by atoms with Gasteiger partial charge < -0.3 is 9.67 Å². The summed E-state index contributed by atoms with van der Waals surface area (Å²) in [6.45, 7) is 0.677. The van der Waals surface area contributed by atoms with Gasteiger partial charge in [-0.3, -0.25) is 0 Å². The van der Waals surface area contributed by atoms with Crippen molar-refractivity contribution in [2.45, 2.75) is 6.54 Å². The molecule has 20 heavy (non-hydrogen) atoms. The number of nitrogens with zero attached hydrogens (tertiary/aromatic N) is 2. The average Bonchev–Trinajstić information content (AvgIpc) is 2.87. The van der Waals surface area contributed by atoms with Crippen molar-refractivity contribution >= 4 is 15.9 Å². The van der Waals surface area contributed by atoms with Gasteiger partial charge in [0.2, 0.25) is 0 Å². The second kappa shape index (κ2) is 5.51. The summed E-state index contributed by atoms with van der Waals surface area (Å²) in [7, 11) is 0. The van der Waals surface area contributed by atoms with E-state index in [2.05, 4.69) is 25.5 Å². The van der Waals surface area contributed by atoms with Crippen LogP contribution in [0.3, 0.4) is 0 Å². The molecular formula is C16H13BrN2O. The van der Waals surface area contributed by atoms with Crippen molar-refractivity contribution in [2.75, 3.05) is 0 Å². The van der Waals surface area contributed by atoms with E-state index in [-0.39, 0.29) is 5.75 Å². The lowest BCUT2D eigenvalue weighted by atomic mass is 10.2. The first kappa shape index (κ1) is 12.9. The highest BCUT2D eigenvalue weighted by atomic mass is 79.9. The van der Waals surface area contributed by atoms with Crippen LogP contribution in [0.15, 0.2) is 65.4 Å². The molecule has 1 aromatic heterocycles. The molecule has 100 valence electrons. The summed E-state index contributed by atoms with van der Waals surface area (Å²) < 4.78 is 3.10. The Morgan fingerprint density at radius 2 is 1.95 bits per heavy atom. The Bertz CT molecular complexity index is 737. The van der Waals surface area contributed by atoms with Crippen molar-refractivity contribution < 1.29 is 5.11 Å². The van der Waals surface area contributed by atoms with E-state index in [1.165, 1.54) is 0 Å². The minimum Gasteiger partial charge on any atom is -0.508 e. The SMILES string of the molecule is Oc1cccc(Cn2ccnc2-c2cccc(Br)c2)c1. The number of hydrogen-bond acceptors (Lipinski definition) is 2. The standard InChI is InChI=1S/C16H13BrN2O/c17-14-5-2-4-13(10-14)16-18-7-8-19(16)11-12-3-1-6-15(20)9-12/h1-10,20H,11H2.